The number of rotatable bonds is 5. The summed E-state index contributed by atoms with van der Waals surface area (Å²) in [6, 6.07) is 9.35. The molecule has 0 heterocycles. The number of ether oxygens (including phenoxy) is 1. The third-order valence-electron chi connectivity index (χ3n) is 2.90. The molecule has 6 nitrogen and oxygen atoms in total. The van der Waals surface area contributed by atoms with E-state index in [1.165, 1.54) is 50.4 Å². The average Bonchev–Trinajstić information content (AvgIpc) is 2.50. The van der Waals surface area contributed by atoms with Crippen LogP contribution in [0, 0.1) is 5.82 Å². The van der Waals surface area contributed by atoms with Crippen LogP contribution in [0.3, 0.4) is 0 Å². The van der Waals surface area contributed by atoms with E-state index in [1.54, 1.807) is 0 Å². The summed E-state index contributed by atoms with van der Waals surface area (Å²) in [5.41, 5.74) is 0.0263. The third kappa shape index (κ3) is 4.19. The van der Waals surface area contributed by atoms with Crippen molar-refractivity contribution in [3.8, 4) is 5.75 Å². The fourth-order valence-electron chi connectivity index (χ4n) is 1.84. The van der Waals surface area contributed by atoms with E-state index in [0.29, 0.717) is 5.75 Å². The van der Waals surface area contributed by atoms with Gasteiger partial charge in [-0.3, -0.25) is 9.52 Å². The number of carbonyl (C=O) groups is 1. The molecule has 8 heteroatoms. The second kappa shape index (κ2) is 6.66. The first kappa shape index (κ1) is 16.8. The van der Waals surface area contributed by atoms with E-state index in [-0.39, 0.29) is 16.3 Å². The van der Waals surface area contributed by atoms with Crippen molar-refractivity contribution in [2.75, 3.05) is 17.1 Å². The molecule has 0 radical (unpaired) electrons. The van der Waals surface area contributed by atoms with Gasteiger partial charge in [-0.15, -0.1) is 0 Å². The minimum Gasteiger partial charge on any atom is -0.497 e. The summed E-state index contributed by atoms with van der Waals surface area (Å²) in [7, 11) is -2.36. The highest BCUT2D eigenvalue weighted by Crippen LogP contribution is 2.23. The summed E-state index contributed by atoms with van der Waals surface area (Å²) < 4.78 is 45.4. The molecular weight excluding hydrogens is 323 g/mol. The number of benzene rings is 2. The maximum atomic E-state index is 13.6. The van der Waals surface area contributed by atoms with Gasteiger partial charge in [0.05, 0.1) is 23.4 Å². The molecule has 122 valence electrons. The maximum absolute atomic E-state index is 13.6. The molecule has 0 saturated carbocycles. The molecule has 0 aliphatic carbocycles. The van der Waals surface area contributed by atoms with E-state index in [0.717, 1.165) is 6.07 Å². The van der Waals surface area contributed by atoms with Crippen molar-refractivity contribution in [2.24, 2.45) is 0 Å². The van der Waals surface area contributed by atoms with Crippen LogP contribution in [0.25, 0.3) is 0 Å². The lowest BCUT2D eigenvalue weighted by atomic mass is 10.2. The Morgan fingerprint density at radius 3 is 2.35 bits per heavy atom. The molecule has 1 amide bonds. The zero-order chi connectivity index (χ0) is 17.0. The van der Waals surface area contributed by atoms with Crippen LogP contribution in [0.2, 0.25) is 0 Å². The number of hydrogen-bond donors (Lipinski definition) is 2. The van der Waals surface area contributed by atoms with Gasteiger partial charge in [0.15, 0.2) is 0 Å². The van der Waals surface area contributed by atoms with Crippen molar-refractivity contribution in [1.29, 1.82) is 0 Å². The third-order valence-corrected chi connectivity index (χ3v) is 4.30. The smallest absolute Gasteiger partial charge is 0.261 e. The van der Waals surface area contributed by atoms with Crippen LogP contribution in [0.15, 0.2) is 47.4 Å². The summed E-state index contributed by atoms with van der Waals surface area (Å²) in [6.07, 6.45) is 0. The second-order valence-electron chi connectivity index (χ2n) is 4.66. The topological polar surface area (TPSA) is 84.5 Å². The summed E-state index contributed by atoms with van der Waals surface area (Å²) >= 11 is 0. The average molecular weight is 338 g/mol. The van der Waals surface area contributed by atoms with Gasteiger partial charge < -0.3 is 10.1 Å². The highest BCUT2D eigenvalue weighted by molar-refractivity contribution is 7.92. The van der Waals surface area contributed by atoms with Gasteiger partial charge in [0, 0.05) is 6.92 Å². The summed E-state index contributed by atoms with van der Waals surface area (Å²) in [6.45, 7) is 1.23. The maximum Gasteiger partial charge on any atom is 0.261 e. The van der Waals surface area contributed by atoms with Crippen molar-refractivity contribution in [3.63, 3.8) is 0 Å². The number of amides is 1. The van der Waals surface area contributed by atoms with Gasteiger partial charge in [-0.1, -0.05) is 0 Å². The van der Waals surface area contributed by atoms with Gasteiger partial charge in [0.1, 0.15) is 11.6 Å². The zero-order valence-electron chi connectivity index (χ0n) is 12.5. The zero-order valence-corrected chi connectivity index (χ0v) is 13.3. The SMILES string of the molecule is COc1ccc(S(=O)(=O)Nc2ccc(F)c(NC(C)=O)c2)cc1. The van der Waals surface area contributed by atoms with Crippen LogP contribution >= 0.6 is 0 Å². The lowest BCUT2D eigenvalue weighted by Crippen LogP contribution is -2.14. The quantitative estimate of drug-likeness (QED) is 0.877. The van der Waals surface area contributed by atoms with E-state index >= 15 is 0 Å². The van der Waals surface area contributed by atoms with Crippen molar-refractivity contribution in [3.05, 3.63) is 48.3 Å². The van der Waals surface area contributed by atoms with Gasteiger partial charge >= 0.3 is 0 Å². The standard InChI is InChI=1S/C15H15FN2O4S/c1-10(19)17-15-9-11(3-8-14(15)16)18-23(20,21)13-6-4-12(22-2)5-7-13/h3-9,18H,1-2H3,(H,17,19). The summed E-state index contributed by atoms with van der Waals surface area (Å²) in [4.78, 5) is 11.0. The van der Waals surface area contributed by atoms with Crippen LogP contribution in [-0.4, -0.2) is 21.4 Å². The monoisotopic (exact) mass is 338 g/mol. The molecular formula is C15H15FN2O4S. The molecule has 0 aromatic heterocycles. The van der Waals surface area contributed by atoms with Crippen LogP contribution < -0.4 is 14.8 Å². The Kier molecular flexibility index (Phi) is 4.85. The second-order valence-corrected chi connectivity index (χ2v) is 6.34. The lowest BCUT2D eigenvalue weighted by molar-refractivity contribution is -0.114. The van der Waals surface area contributed by atoms with Crippen molar-refractivity contribution < 1.29 is 22.3 Å². The fraction of sp³-hybridized carbons (Fsp3) is 0.133. The molecule has 2 rings (SSSR count). The molecule has 2 aromatic carbocycles. The van der Waals surface area contributed by atoms with Crippen LogP contribution in [0.1, 0.15) is 6.92 Å². The van der Waals surface area contributed by atoms with E-state index < -0.39 is 21.7 Å². The van der Waals surface area contributed by atoms with Gasteiger partial charge in [0.25, 0.3) is 10.0 Å². The van der Waals surface area contributed by atoms with Gasteiger partial charge in [-0.05, 0) is 42.5 Å². The molecule has 0 aliphatic heterocycles. The molecule has 0 saturated heterocycles. The molecule has 2 aromatic rings. The predicted octanol–water partition coefficient (Wildman–Crippen LogP) is 2.59. The first-order chi connectivity index (χ1) is 10.8. The number of methoxy groups -OCH3 is 1. The Hall–Kier alpha value is -2.61. The van der Waals surface area contributed by atoms with Crippen molar-refractivity contribution in [2.45, 2.75) is 11.8 Å². The van der Waals surface area contributed by atoms with E-state index in [2.05, 4.69) is 10.0 Å². The minimum atomic E-state index is -3.84. The summed E-state index contributed by atoms with van der Waals surface area (Å²) in [5.74, 6) is -0.592. The highest BCUT2D eigenvalue weighted by atomic mass is 32.2. The number of sulfonamides is 1. The van der Waals surface area contributed by atoms with Crippen molar-refractivity contribution in [1.82, 2.24) is 0 Å². The first-order valence-corrected chi connectivity index (χ1v) is 8.04. The molecule has 0 aliphatic rings. The number of carbonyl (C=O) groups excluding carboxylic acids is 1. The molecule has 0 spiro atoms. The van der Waals surface area contributed by atoms with Crippen LogP contribution in [0.5, 0.6) is 5.75 Å². The minimum absolute atomic E-state index is 0.0312. The molecule has 2 N–H and O–H groups in total. The van der Waals surface area contributed by atoms with E-state index in [1.807, 2.05) is 0 Å². The highest BCUT2D eigenvalue weighted by Gasteiger charge is 2.15. The lowest BCUT2D eigenvalue weighted by Gasteiger charge is -2.11. The Morgan fingerprint density at radius 1 is 1.13 bits per heavy atom. The Bertz CT molecular complexity index is 820. The summed E-state index contributed by atoms with van der Waals surface area (Å²) in [5, 5.41) is 2.29. The normalized spacial score (nSPS) is 10.9. The van der Waals surface area contributed by atoms with Crippen LogP contribution in [0.4, 0.5) is 15.8 Å². The fourth-order valence-corrected chi connectivity index (χ4v) is 2.89. The molecule has 23 heavy (non-hydrogen) atoms. The van der Waals surface area contributed by atoms with Gasteiger partial charge in [0.2, 0.25) is 5.91 Å². The van der Waals surface area contributed by atoms with Crippen LogP contribution in [-0.2, 0) is 14.8 Å². The predicted molar refractivity (Wildman–Crippen MR) is 84.5 cm³/mol. The van der Waals surface area contributed by atoms with Gasteiger partial charge in [-0.25, -0.2) is 12.8 Å². The number of halogens is 1. The first-order valence-electron chi connectivity index (χ1n) is 6.56. The molecule has 0 atom stereocenters. The number of nitrogens with one attached hydrogen (secondary N) is 2. The Balaban J connectivity index is 2.27. The largest absolute Gasteiger partial charge is 0.497 e. The Labute approximate surface area is 133 Å². The van der Waals surface area contributed by atoms with Gasteiger partial charge in [-0.2, -0.15) is 0 Å². The number of hydrogen-bond acceptors (Lipinski definition) is 4. The molecule has 0 fully saturated rings. The molecule has 0 unspecified atom stereocenters. The number of anilines is 2. The van der Waals surface area contributed by atoms with E-state index in [4.69, 9.17) is 4.74 Å². The Morgan fingerprint density at radius 2 is 1.78 bits per heavy atom. The van der Waals surface area contributed by atoms with Crippen molar-refractivity contribution >= 4 is 27.3 Å². The molecule has 0 bridgehead atoms. The van der Waals surface area contributed by atoms with E-state index in [9.17, 15) is 17.6 Å².